The Kier molecular flexibility index (Phi) is 2.82. The molecule has 0 bridgehead atoms. The number of nitrogens with zero attached hydrogens (tertiary/aromatic N) is 1. The first-order valence-corrected chi connectivity index (χ1v) is 3.70. The summed E-state index contributed by atoms with van der Waals surface area (Å²) in [6.07, 6.45) is 1.31. The van der Waals surface area contributed by atoms with Gasteiger partial charge in [-0.2, -0.15) is 5.26 Å². The molecular weight excluding hydrogens is 164 g/mol. The van der Waals surface area contributed by atoms with E-state index in [0.29, 0.717) is 11.1 Å². The zero-order valence-electron chi connectivity index (χ0n) is 6.95. The molecule has 0 aromatic heterocycles. The minimum Gasteiger partial charge on any atom is -0.329 e. The fourth-order valence-electron chi connectivity index (χ4n) is 0.906. The number of rotatable bonds is 2. The molecule has 0 aliphatic rings. The van der Waals surface area contributed by atoms with Gasteiger partial charge in [-0.15, -0.1) is 0 Å². The molecule has 3 nitrogen and oxygen atoms in total. The van der Waals surface area contributed by atoms with E-state index in [-0.39, 0.29) is 5.91 Å². The van der Waals surface area contributed by atoms with Crippen molar-refractivity contribution in [3.8, 4) is 6.07 Å². The zero-order valence-corrected chi connectivity index (χ0v) is 6.95. The Morgan fingerprint density at radius 2 is 2.38 bits per heavy atom. The largest absolute Gasteiger partial charge is 0.329 e. The highest BCUT2D eigenvalue weighted by atomic mass is 16.1. The van der Waals surface area contributed by atoms with Crippen molar-refractivity contribution in [3.05, 3.63) is 48.2 Å². The Morgan fingerprint density at radius 1 is 1.62 bits per heavy atom. The van der Waals surface area contributed by atoms with E-state index in [4.69, 9.17) is 5.26 Å². The van der Waals surface area contributed by atoms with E-state index in [9.17, 15) is 4.79 Å². The summed E-state index contributed by atoms with van der Waals surface area (Å²) in [6, 6.07) is 8.43. The fourth-order valence-corrected chi connectivity index (χ4v) is 0.906. The minimum absolute atomic E-state index is 0.257. The molecule has 0 atom stereocenters. The van der Waals surface area contributed by atoms with Crippen LogP contribution < -0.4 is 5.32 Å². The highest BCUT2D eigenvalue weighted by Crippen LogP contribution is 2.03. The molecule has 1 N–H and O–H groups in total. The molecule has 0 unspecified atom stereocenters. The molecule has 0 saturated carbocycles. The van der Waals surface area contributed by atoms with E-state index in [1.165, 1.54) is 12.3 Å². The number of hydrogen-bond donors (Lipinski definition) is 1. The first-order valence-electron chi connectivity index (χ1n) is 3.70. The molecule has 64 valence electrons. The number of carbonyl (C=O) groups is 1. The standard InChI is InChI=1S/C10H8N2O/c1-2-12-10(13)9-5-3-4-8(6-9)7-11/h2-6H,1H2,(H,12,13). The lowest BCUT2D eigenvalue weighted by molar-refractivity contribution is 0.0970. The summed E-state index contributed by atoms with van der Waals surface area (Å²) in [5, 5.41) is 11.0. The summed E-state index contributed by atoms with van der Waals surface area (Å²) >= 11 is 0. The number of hydrogen-bond acceptors (Lipinski definition) is 2. The van der Waals surface area contributed by atoms with Gasteiger partial charge in [0.15, 0.2) is 0 Å². The number of carbonyl (C=O) groups excluding carboxylic acids is 1. The molecule has 0 radical (unpaired) electrons. The van der Waals surface area contributed by atoms with Crippen LogP contribution in [0.15, 0.2) is 37.0 Å². The van der Waals surface area contributed by atoms with E-state index < -0.39 is 0 Å². The molecule has 0 fully saturated rings. The number of benzene rings is 1. The Hall–Kier alpha value is -2.08. The molecule has 13 heavy (non-hydrogen) atoms. The zero-order chi connectivity index (χ0) is 9.68. The molecule has 0 aliphatic heterocycles. The molecule has 1 aromatic carbocycles. The van der Waals surface area contributed by atoms with Crippen LogP contribution in [0.4, 0.5) is 0 Å². The highest BCUT2D eigenvalue weighted by molar-refractivity contribution is 5.95. The van der Waals surface area contributed by atoms with Crippen molar-refractivity contribution in [1.82, 2.24) is 5.32 Å². The first-order chi connectivity index (χ1) is 6.27. The van der Waals surface area contributed by atoms with Crippen LogP contribution in [0, 0.1) is 11.3 Å². The number of amides is 1. The SMILES string of the molecule is C=CNC(=O)c1cccc(C#N)c1. The van der Waals surface area contributed by atoms with Gasteiger partial charge in [0.2, 0.25) is 0 Å². The summed E-state index contributed by atoms with van der Waals surface area (Å²) in [6.45, 7) is 3.37. The smallest absolute Gasteiger partial charge is 0.255 e. The first kappa shape index (κ1) is 9.01. The van der Waals surface area contributed by atoms with E-state index in [1.807, 2.05) is 6.07 Å². The Morgan fingerprint density at radius 3 is 3.00 bits per heavy atom. The van der Waals surface area contributed by atoms with E-state index in [2.05, 4.69) is 11.9 Å². The second-order valence-electron chi connectivity index (χ2n) is 2.37. The lowest BCUT2D eigenvalue weighted by Crippen LogP contribution is -2.16. The lowest BCUT2D eigenvalue weighted by Gasteiger charge is -1.98. The average molecular weight is 172 g/mol. The number of nitriles is 1. The van der Waals surface area contributed by atoms with Crippen molar-refractivity contribution in [2.45, 2.75) is 0 Å². The van der Waals surface area contributed by atoms with Crippen LogP contribution in [0.1, 0.15) is 15.9 Å². The van der Waals surface area contributed by atoms with Gasteiger partial charge in [-0.3, -0.25) is 4.79 Å². The molecule has 0 saturated heterocycles. The Labute approximate surface area is 76.3 Å². The predicted molar refractivity (Wildman–Crippen MR) is 48.8 cm³/mol. The second kappa shape index (κ2) is 4.07. The van der Waals surface area contributed by atoms with Crippen LogP contribution in [0.5, 0.6) is 0 Å². The van der Waals surface area contributed by atoms with E-state index >= 15 is 0 Å². The molecule has 0 heterocycles. The molecule has 0 aliphatic carbocycles. The maximum absolute atomic E-state index is 11.2. The third-order valence-corrected chi connectivity index (χ3v) is 1.49. The van der Waals surface area contributed by atoms with Crippen LogP contribution >= 0.6 is 0 Å². The van der Waals surface area contributed by atoms with Crippen molar-refractivity contribution in [2.24, 2.45) is 0 Å². The average Bonchev–Trinajstić information content (AvgIpc) is 2.18. The normalized spacial score (nSPS) is 8.54. The summed E-state index contributed by atoms with van der Waals surface area (Å²) in [5.74, 6) is -0.257. The van der Waals surface area contributed by atoms with Crippen LogP contribution in [-0.4, -0.2) is 5.91 Å². The third-order valence-electron chi connectivity index (χ3n) is 1.49. The summed E-state index contributed by atoms with van der Waals surface area (Å²) in [5.41, 5.74) is 0.927. The van der Waals surface area contributed by atoms with Gasteiger partial charge in [0.25, 0.3) is 5.91 Å². The molecule has 1 rings (SSSR count). The summed E-state index contributed by atoms with van der Waals surface area (Å²) in [7, 11) is 0. The molecular formula is C10H8N2O. The molecule has 1 aromatic rings. The Bertz CT molecular complexity index is 377. The van der Waals surface area contributed by atoms with Gasteiger partial charge in [0, 0.05) is 5.56 Å². The van der Waals surface area contributed by atoms with Crippen molar-refractivity contribution in [1.29, 1.82) is 5.26 Å². The van der Waals surface area contributed by atoms with Gasteiger partial charge in [-0.25, -0.2) is 0 Å². The van der Waals surface area contributed by atoms with Gasteiger partial charge in [-0.1, -0.05) is 12.6 Å². The van der Waals surface area contributed by atoms with E-state index in [0.717, 1.165) is 0 Å². The van der Waals surface area contributed by atoms with Crippen molar-refractivity contribution in [3.63, 3.8) is 0 Å². The van der Waals surface area contributed by atoms with Gasteiger partial charge in [0.1, 0.15) is 0 Å². The summed E-state index contributed by atoms with van der Waals surface area (Å²) < 4.78 is 0. The van der Waals surface area contributed by atoms with Crippen LogP contribution in [-0.2, 0) is 0 Å². The monoisotopic (exact) mass is 172 g/mol. The van der Waals surface area contributed by atoms with Crippen molar-refractivity contribution >= 4 is 5.91 Å². The minimum atomic E-state index is -0.257. The van der Waals surface area contributed by atoms with Crippen LogP contribution in [0.25, 0.3) is 0 Å². The van der Waals surface area contributed by atoms with Gasteiger partial charge < -0.3 is 5.32 Å². The van der Waals surface area contributed by atoms with Crippen LogP contribution in [0.2, 0.25) is 0 Å². The topological polar surface area (TPSA) is 52.9 Å². The predicted octanol–water partition coefficient (Wildman–Crippen LogP) is 1.43. The quantitative estimate of drug-likeness (QED) is 0.733. The fraction of sp³-hybridized carbons (Fsp3) is 0. The molecule has 1 amide bonds. The summed E-state index contributed by atoms with van der Waals surface area (Å²) in [4.78, 5) is 11.2. The van der Waals surface area contributed by atoms with Gasteiger partial charge in [0.05, 0.1) is 11.6 Å². The molecule has 3 heteroatoms. The third kappa shape index (κ3) is 2.17. The lowest BCUT2D eigenvalue weighted by atomic mass is 10.1. The van der Waals surface area contributed by atoms with Crippen molar-refractivity contribution in [2.75, 3.05) is 0 Å². The van der Waals surface area contributed by atoms with Gasteiger partial charge >= 0.3 is 0 Å². The van der Waals surface area contributed by atoms with Gasteiger partial charge in [-0.05, 0) is 24.4 Å². The maximum atomic E-state index is 11.2. The van der Waals surface area contributed by atoms with Crippen molar-refractivity contribution < 1.29 is 4.79 Å². The second-order valence-corrected chi connectivity index (χ2v) is 2.37. The molecule has 0 spiro atoms. The maximum Gasteiger partial charge on any atom is 0.255 e. The Balaban J connectivity index is 2.96. The van der Waals surface area contributed by atoms with Crippen LogP contribution in [0.3, 0.4) is 0 Å². The van der Waals surface area contributed by atoms with E-state index in [1.54, 1.807) is 18.2 Å². The number of nitrogens with one attached hydrogen (secondary N) is 1. The highest BCUT2D eigenvalue weighted by Gasteiger charge is 2.02.